The first kappa shape index (κ1) is 30.6. The van der Waals surface area contributed by atoms with E-state index in [1.165, 1.54) is 11.8 Å². The second-order valence-electron chi connectivity index (χ2n) is 9.70. The molecule has 40 heavy (non-hydrogen) atoms. The number of hydrogen-bond acceptors (Lipinski definition) is 8. The Kier molecular flexibility index (Phi) is 10.7. The van der Waals surface area contributed by atoms with E-state index in [4.69, 9.17) is 4.74 Å². The molecule has 0 saturated carbocycles. The quantitative estimate of drug-likeness (QED) is 0.178. The van der Waals surface area contributed by atoms with Crippen molar-refractivity contribution in [2.24, 2.45) is 0 Å². The summed E-state index contributed by atoms with van der Waals surface area (Å²) in [4.78, 5) is 14.9. The van der Waals surface area contributed by atoms with E-state index in [-0.39, 0.29) is 11.8 Å². The van der Waals surface area contributed by atoms with E-state index in [9.17, 15) is 19.0 Å². The molecule has 1 aliphatic heterocycles. The molecule has 1 unspecified atom stereocenters. The van der Waals surface area contributed by atoms with Gasteiger partial charge >= 0.3 is 5.97 Å². The Morgan fingerprint density at radius 2 is 1.82 bits per heavy atom. The summed E-state index contributed by atoms with van der Waals surface area (Å²) in [5.74, 6) is 0.339. The highest BCUT2D eigenvalue weighted by Gasteiger charge is 2.40. The number of ether oxygens (including phenoxy) is 1. The van der Waals surface area contributed by atoms with Crippen molar-refractivity contribution in [2.75, 3.05) is 30.6 Å². The van der Waals surface area contributed by atoms with Crippen LogP contribution < -0.4 is 9.64 Å². The number of para-hydroxylation sites is 1. The number of thioether (sulfide) groups is 2. The summed E-state index contributed by atoms with van der Waals surface area (Å²) in [5, 5.41) is 9.18. The molecule has 0 aromatic heterocycles. The van der Waals surface area contributed by atoms with E-state index in [2.05, 4.69) is 24.0 Å². The third kappa shape index (κ3) is 7.10. The summed E-state index contributed by atoms with van der Waals surface area (Å²) >= 11 is 2.90. The lowest BCUT2D eigenvalue weighted by atomic mass is 10.1. The predicted octanol–water partition coefficient (Wildman–Crippen LogP) is 7.97. The maximum Gasteiger partial charge on any atom is 0.313 e. The fourth-order valence-electron chi connectivity index (χ4n) is 4.96. The van der Waals surface area contributed by atoms with Crippen molar-refractivity contribution in [1.29, 1.82) is 0 Å². The normalized spacial score (nSPS) is 17.6. The highest BCUT2D eigenvalue weighted by atomic mass is 32.3. The van der Waals surface area contributed by atoms with Gasteiger partial charge < -0.3 is 14.7 Å². The van der Waals surface area contributed by atoms with Gasteiger partial charge in [-0.25, -0.2) is 0 Å². The molecule has 3 N–H and O–H groups in total. The van der Waals surface area contributed by atoms with Crippen LogP contribution in [0, 0.1) is 0 Å². The molecule has 0 fully saturated rings. The van der Waals surface area contributed by atoms with Crippen LogP contribution in [0.4, 0.5) is 11.4 Å². The fourth-order valence-corrected chi connectivity index (χ4v) is 8.33. The lowest BCUT2D eigenvalue weighted by Gasteiger charge is -2.45. The van der Waals surface area contributed by atoms with Crippen LogP contribution in [0.25, 0.3) is 0 Å². The molecule has 1 heterocycles. The molecule has 3 aromatic rings. The van der Waals surface area contributed by atoms with Crippen LogP contribution in [-0.4, -0.2) is 56.2 Å². The van der Waals surface area contributed by atoms with Gasteiger partial charge in [-0.2, -0.15) is 4.31 Å². The number of unbranched alkanes of at least 4 members (excludes halogenated alkanes) is 1. The van der Waals surface area contributed by atoms with E-state index in [1.807, 2.05) is 65.2 Å². The molecule has 1 atom stereocenters. The van der Waals surface area contributed by atoms with Gasteiger partial charge in [0, 0.05) is 35.5 Å². The van der Waals surface area contributed by atoms with Gasteiger partial charge in [0.15, 0.2) is 0 Å². The van der Waals surface area contributed by atoms with Gasteiger partial charge in [-0.3, -0.25) is 13.9 Å². The van der Waals surface area contributed by atoms with Crippen LogP contribution in [0.1, 0.15) is 37.3 Å². The minimum atomic E-state index is -3.42. The number of carboxylic acid groups (broad SMARTS) is 1. The Balaban J connectivity index is 1.86. The topological polar surface area (TPSA) is 93.5 Å². The summed E-state index contributed by atoms with van der Waals surface area (Å²) in [5.41, 5.74) is 3.64. The lowest BCUT2D eigenvalue weighted by Crippen LogP contribution is -2.41. The van der Waals surface area contributed by atoms with Crippen LogP contribution in [0.15, 0.2) is 76.5 Å². The van der Waals surface area contributed by atoms with Gasteiger partial charge in [0.2, 0.25) is 0 Å². The smallest absolute Gasteiger partial charge is 0.313 e. The molecule has 216 valence electrons. The number of benzene rings is 3. The summed E-state index contributed by atoms with van der Waals surface area (Å²) in [6.45, 7) is 3.12. The number of carboxylic acids is 1. The first-order valence-electron chi connectivity index (χ1n) is 13.3. The fraction of sp³-hybridized carbons (Fsp3) is 0.367. The van der Waals surface area contributed by atoms with Crippen molar-refractivity contribution >= 4 is 51.6 Å². The zero-order valence-corrected chi connectivity index (χ0v) is 25.6. The van der Waals surface area contributed by atoms with Gasteiger partial charge in [-0.05, 0) is 60.2 Å². The van der Waals surface area contributed by atoms with E-state index in [1.54, 1.807) is 18.9 Å². The van der Waals surface area contributed by atoms with Gasteiger partial charge in [0.25, 0.3) is 0 Å². The van der Waals surface area contributed by atoms with Crippen LogP contribution in [-0.2, 0) is 17.1 Å². The standard InChI is InChI=1S/C30H38N2O5S3/c1-4-5-9-25-19-31(24-10-7-6-8-11-24)27-17-28(38-3)23(20-39-21-30(33)34)16-29(27)40(35,36)32(25)18-22-12-14-26(37-2)15-13-22/h6-8,10-17,25,35-36H,4-5,9,18-21H2,1-3H3,(H,33,34). The van der Waals surface area contributed by atoms with E-state index in [0.29, 0.717) is 23.7 Å². The van der Waals surface area contributed by atoms with E-state index in [0.717, 1.165) is 52.4 Å². The Bertz CT molecular complexity index is 1270. The van der Waals surface area contributed by atoms with Gasteiger partial charge in [0.05, 0.1) is 23.4 Å². The Hall–Kier alpha value is -2.34. The maximum atomic E-state index is 12.2. The highest BCUT2D eigenvalue weighted by Crippen LogP contribution is 2.60. The molecule has 0 aliphatic carbocycles. The Morgan fingerprint density at radius 3 is 2.45 bits per heavy atom. The van der Waals surface area contributed by atoms with Crippen LogP contribution >= 0.6 is 34.3 Å². The molecule has 0 amide bonds. The predicted molar refractivity (Wildman–Crippen MR) is 168 cm³/mol. The first-order chi connectivity index (χ1) is 19.3. The lowest BCUT2D eigenvalue weighted by molar-refractivity contribution is -0.133. The van der Waals surface area contributed by atoms with Crippen molar-refractivity contribution in [3.63, 3.8) is 0 Å². The largest absolute Gasteiger partial charge is 0.497 e. The number of carbonyl (C=O) groups is 1. The van der Waals surface area contributed by atoms with E-state index < -0.39 is 16.7 Å². The summed E-state index contributed by atoms with van der Waals surface area (Å²) in [6, 6.07) is 21.6. The highest BCUT2D eigenvalue weighted by molar-refractivity contribution is 8.22. The molecule has 1 aliphatic rings. The Labute approximate surface area is 247 Å². The van der Waals surface area contributed by atoms with Crippen molar-refractivity contribution in [3.05, 3.63) is 77.9 Å². The molecule has 0 spiro atoms. The van der Waals surface area contributed by atoms with Crippen LogP contribution in [0.2, 0.25) is 0 Å². The minimum absolute atomic E-state index is 0.0139. The average molecular weight is 603 g/mol. The van der Waals surface area contributed by atoms with Crippen LogP contribution in [0.5, 0.6) is 5.75 Å². The molecule has 0 saturated heterocycles. The number of anilines is 2. The molecular weight excluding hydrogens is 565 g/mol. The third-order valence-electron chi connectivity index (χ3n) is 7.01. The monoisotopic (exact) mass is 602 g/mol. The van der Waals surface area contributed by atoms with Crippen molar-refractivity contribution in [2.45, 2.75) is 54.3 Å². The molecule has 3 aromatic carbocycles. The molecule has 10 heteroatoms. The van der Waals surface area contributed by atoms with Gasteiger partial charge in [0.1, 0.15) is 5.75 Å². The molecular formula is C30H38N2O5S3. The molecule has 0 radical (unpaired) electrons. The number of fused-ring (bicyclic) bond motifs is 1. The maximum absolute atomic E-state index is 12.2. The first-order valence-corrected chi connectivity index (χ1v) is 17.2. The van der Waals surface area contributed by atoms with E-state index >= 15 is 0 Å². The minimum Gasteiger partial charge on any atom is -0.497 e. The van der Waals surface area contributed by atoms with Crippen molar-refractivity contribution in [3.8, 4) is 5.75 Å². The number of rotatable bonds is 12. The number of methoxy groups -OCH3 is 1. The van der Waals surface area contributed by atoms with Crippen LogP contribution in [0.3, 0.4) is 0 Å². The van der Waals surface area contributed by atoms with Gasteiger partial charge in [-0.15, -0.1) is 34.3 Å². The SMILES string of the molecule is CCCCC1CN(c2ccccc2)c2cc(SC)c(CSCC(=O)O)cc2S(O)(O)N1Cc1ccc(OC)cc1. The summed E-state index contributed by atoms with van der Waals surface area (Å²) in [7, 11) is -1.79. The number of aliphatic carboxylic acids is 1. The number of nitrogens with zero attached hydrogens (tertiary/aromatic N) is 2. The van der Waals surface area contributed by atoms with Crippen molar-refractivity contribution in [1.82, 2.24) is 4.31 Å². The van der Waals surface area contributed by atoms with Gasteiger partial charge in [-0.1, -0.05) is 50.1 Å². The zero-order chi connectivity index (χ0) is 28.7. The molecule has 7 nitrogen and oxygen atoms in total. The average Bonchev–Trinajstić information content (AvgIpc) is 3.04. The summed E-state index contributed by atoms with van der Waals surface area (Å²) in [6.07, 6.45) is 4.78. The second kappa shape index (κ2) is 14.0. The Morgan fingerprint density at radius 1 is 1.10 bits per heavy atom. The van der Waals surface area contributed by atoms with Crippen molar-refractivity contribution < 1.29 is 23.7 Å². The summed E-state index contributed by atoms with van der Waals surface area (Å²) < 4.78 is 31.6. The third-order valence-corrected chi connectivity index (χ3v) is 10.8. The second-order valence-corrected chi connectivity index (χ2v) is 13.5. The number of hydrogen-bond donors (Lipinski definition) is 3. The zero-order valence-electron chi connectivity index (χ0n) is 23.2. The molecule has 4 rings (SSSR count). The molecule has 0 bridgehead atoms.